The highest BCUT2D eigenvalue weighted by Crippen LogP contribution is 2.40. The summed E-state index contributed by atoms with van der Waals surface area (Å²) in [5.74, 6) is 0. The van der Waals surface area contributed by atoms with Crippen molar-refractivity contribution in [2.45, 2.75) is 32.7 Å². The molecule has 0 saturated carbocycles. The van der Waals surface area contributed by atoms with Crippen LogP contribution in [0.2, 0.25) is 0 Å². The Morgan fingerprint density at radius 3 is 1.94 bits per heavy atom. The molecule has 16 heavy (non-hydrogen) atoms. The summed E-state index contributed by atoms with van der Waals surface area (Å²) in [6.07, 6.45) is 1.66. The maximum absolute atomic E-state index is 8.12. The summed E-state index contributed by atoms with van der Waals surface area (Å²) in [6.45, 7) is 12.2. The molecule has 4 heteroatoms. The Bertz CT molecular complexity index is 271. The number of likely N-dealkylation sites (tertiary alicyclic amines) is 2. The lowest BCUT2D eigenvalue weighted by Gasteiger charge is -2.47. The van der Waals surface area contributed by atoms with E-state index in [9.17, 15) is 0 Å². The average Bonchev–Trinajstić information content (AvgIpc) is 2.48. The fourth-order valence-electron chi connectivity index (χ4n) is 2.86. The minimum atomic E-state index is 0.250. The summed E-state index contributed by atoms with van der Waals surface area (Å²) < 4.78 is 0. The molecule has 0 aliphatic carbocycles. The molecule has 0 radical (unpaired) electrons. The van der Waals surface area contributed by atoms with Crippen LogP contribution >= 0.6 is 0 Å². The topological polar surface area (TPSA) is 40.6 Å². The van der Waals surface area contributed by atoms with Gasteiger partial charge in [-0.3, -0.25) is 4.90 Å². The summed E-state index contributed by atoms with van der Waals surface area (Å²) in [5, 5.41) is 0. The van der Waals surface area contributed by atoms with Gasteiger partial charge in [0.05, 0.1) is 0 Å². The van der Waals surface area contributed by atoms with Crippen molar-refractivity contribution >= 4 is 6.15 Å². The highest BCUT2D eigenvalue weighted by Gasteiger charge is 2.47. The van der Waals surface area contributed by atoms with Crippen molar-refractivity contribution in [2.24, 2.45) is 5.41 Å². The summed E-state index contributed by atoms with van der Waals surface area (Å²) in [4.78, 5) is 21.3. The van der Waals surface area contributed by atoms with Crippen LogP contribution in [0.4, 0.5) is 0 Å². The van der Waals surface area contributed by atoms with Gasteiger partial charge in [-0.15, -0.1) is 0 Å². The Morgan fingerprint density at radius 2 is 1.62 bits per heavy atom. The maximum Gasteiger partial charge on any atom is 0.373 e. The van der Waals surface area contributed by atoms with Crippen LogP contribution in [-0.2, 0) is 9.59 Å². The zero-order chi connectivity index (χ0) is 12.4. The molecular weight excluding hydrogens is 204 g/mol. The minimum absolute atomic E-state index is 0.250. The summed E-state index contributed by atoms with van der Waals surface area (Å²) >= 11 is 0. The number of carbonyl (C=O) groups excluding carboxylic acids is 2. The SMILES string of the molecule is CN1CC2(CCN(C(C)(C)C)C2)C1.O=C=O. The van der Waals surface area contributed by atoms with Gasteiger partial charge < -0.3 is 4.90 Å². The fraction of sp³-hybridized carbons (Fsp3) is 0.917. The van der Waals surface area contributed by atoms with Gasteiger partial charge in [0.1, 0.15) is 0 Å². The molecule has 0 unspecified atom stereocenters. The van der Waals surface area contributed by atoms with E-state index in [1.54, 1.807) is 0 Å². The van der Waals surface area contributed by atoms with Gasteiger partial charge in [-0.25, -0.2) is 0 Å². The molecule has 2 aliphatic rings. The van der Waals surface area contributed by atoms with Crippen LogP contribution in [-0.4, -0.2) is 54.7 Å². The van der Waals surface area contributed by atoms with Crippen molar-refractivity contribution < 1.29 is 9.59 Å². The molecule has 0 N–H and O–H groups in total. The van der Waals surface area contributed by atoms with E-state index >= 15 is 0 Å². The van der Waals surface area contributed by atoms with Crippen LogP contribution in [0.3, 0.4) is 0 Å². The molecule has 1 spiro atoms. The Kier molecular flexibility index (Phi) is 3.89. The van der Waals surface area contributed by atoms with E-state index in [0.29, 0.717) is 11.0 Å². The normalized spacial score (nSPS) is 24.5. The van der Waals surface area contributed by atoms with Gasteiger partial charge in [0, 0.05) is 30.6 Å². The van der Waals surface area contributed by atoms with Crippen molar-refractivity contribution in [3.8, 4) is 0 Å². The van der Waals surface area contributed by atoms with Crippen LogP contribution in [0.1, 0.15) is 27.2 Å². The van der Waals surface area contributed by atoms with E-state index in [0.717, 1.165) is 0 Å². The zero-order valence-electron chi connectivity index (χ0n) is 10.7. The molecule has 4 nitrogen and oxygen atoms in total. The van der Waals surface area contributed by atoms with Gasteiger partial charge in [-0.2, -0.15) is 9.59 Å². The van der Waals surface area contributed by atoms with Gasteiger partial charge in [-0.1, -0.05) is 0 Å². The van der Waals surface area contributed by atoms with E-state index in [-0.39, 0.29) is 6.15 Å². The molecule has 0 aromatic carbocycles. The Morgan fingerprint density at radius 1 is 1.12 bits per heavy atom. The molecule has 2 rings (SSSR count). The quantitative estimate of drug-likeness (QED) is 0.613. The summed E-state index contributed by atoms with van der Waals surface area (Å²) in [7, 11) is 2.23. The third kappa shape index (κ3) is 2.91. The van der Waals surface area contributed by atoms with Crippen LogP contribution in [0.15, 0.2) is 0 Å². The van der Waals surface area contributed by atoms with E-state index in [2.05, 4.69) is 37.6 Å². The third-order valence-electron chi connectivity index (χ3n) is 3.60. The van der Waals surface area contributed by atoms with Gasteiger partial charge in [0.25, 0.3) is 0 Å². The van der Waals surface area contributed by atoms with E-state index in [1.165, 1.54) is 32.6 Å². The van der Waals surface area contributed by atoms with Crippen LogP contribution in [0.25, 0.3) is 0 Å². The van der Waals surface area contributed by atoms with Gasteiger partial charge in [0.2, 0.25) is 0 Å². The van der Waals surface area contributed by atoms with E-state index < -0.39 is 0 Å². The summed E-state index contributed by atoms with van der Waals surface area (Å²) in [6, 6.07) is 0. The first kappa shape index (κ1) is 13.4. The second kappa shape index (κ2) is 4.66. The molecular formula is C12H22N2O2. The monoisotopic (exact) mass is 226 g/mol. The van der Waals surface area contributed by atoms with Crippen molar-refractivity contribution in [3.63, 3.8) is 0 Å². The lowest BCUT2D eigenvalue weighted by molar-refractivity contribution is -0.191. The molecule has 0 aromatic rings. The lowest BCUT2D eigenvalue weighted by atomic mass is 9.79. The molecule has 2 saturated heterocycles. The molecule has 2 aliphatic heterocycles. The van der Waals surface area contributed by atoms with E-state index in [4.69, 9.17) is 9.59 Å². The third-order valence-corrected chi connectivity index (χ3v) is 3.60. The second-order valence-corrected chi connectivity index (χ2v) is 6.10. The lowest BCUT2D eigenvalue weighted by Crippen LogP contribution is -2.56. The molecule has 92 valence electrons. The minimum Gasteiger partial charge on any atom is -0.305 e. The smallest absolute Gasteiger partial charge is 0.305 e. The highest BCUT2D eigenvalue weighted by molar-refractivity contribution is 5.20. The van der Waals surface area contributed by atoms with Crippen LogP contribution < -0.4 is 0 Å². The molecule has 2 fully saturated rings. The molecule has 0 aromatic heterocycles. The first-order valence-electron chi connectivity index (χ1n) is 5.76. The average molecular weight is 226 g/mol. The number of hydrogen-bond acceptors (Lipinski definition) is 4. The van der Waals surface area contributed by atoms with Crippen molar-refractivity contribution in [1.29, 1.82) is 0 Å². The molecule has 0 bridgehead atoms. The van der Waals surface area contributed by atoms with Crippen molar-refractivity contribution in [3.05, 3.63) is 0 Å². The Labute approximate surface area is 97.6 Å². The zero-order valence-corrected chi connectivity index (χ0v) is 10.7. The first-order chi connectivity index (χ1) is 7.33. The van der Waals surface area contributed by atoms with Gasteiger partial charge in [-0.05, 0) is 40.8 Å². The Balaban J connectivity index is 0.000000386. The second-order valence-electron chi connectivity index (χ2n) is 6.10. The van der Waals surface area contributed by atoms with Crippen LogP contribution in [0.5, 0.6) is 0 Å². The Hall–Kier alpha value is -0.700. The summed E-state index contributed by atoms with van der Waals surface area (Å²) in [5.41, 5.74) is 1.04. The largest absolute Gasteiger partial charge is 0.373 e. The molecule has 2 heterocycles. The number of nitrogens with zero attached hydrogens (tertiary/aromatic N) is 2. The predicted molar refractivity (Wildman–Crippen MR) is 60.9 cm³/mol. The first-order valence-corrected chi connectivity index (χ1v) is 5.76. The van der Waals surface area contributed by atoms with Gasteiger partial charge in [0.15, 0.2) is 0 Å². The molecule has 0 amide bonds. The number of hydrogen-bond donors (Lipinski definition) is 0. The maximum atomic E-state index is 8.12. The fourth-order valence-corrected chi connectivity index (χ4v) is 2.86. The van der Waals surface area contributed by atoms with Gasteiger partial charge >= 0.3 is 6.15 Å². The predicted octanol–water partition coefficient (Wildman–Crippen LogP) is 0.839. The highest BCUT2D eigenvalue weighted by atomic mass is 16.2. The standard InChI is InChI=1S/C11H22N2.CO2/c1-10(2,3)13-6-5-11(9-13)7-12(4)8-11;2-1-3/h5-9H2,1-4H3;. The van der Waals surface area contributed by atoms with Crippen molar-refractivity contribution in [2.75, 3.05) is 33.2 Å². The molecule has 0 atom stereocenters. The van der Waals surface area contributed by atoms with Crippen LogP contribution in [0, 0.1) is 5.41 Å². The van der Waals surface area contributed by atoms with Crippen molar-refractivity contribution in [1.82, 2.24) is 9.80 Å². The number of rotatable bonds is 0. The van der Waals surface area contributed by atoms with E-state index in [1.807, 2.05) is 0 Å².